The minimum absolute atomic E-state index is 0.0229. The molecule has 9 heteroatoms. The predicted octanol–water partition coefficient (Wildman–Crippen LogP) is -1.84. The second kappa shape index (κ2) is 7.11. The van der Waals surface area contributed by atoms with Crippen LogP contribution in [0.1, 0.15) is 5.56 Å². The highest BCUT2D eigenvalue weighted by molar-refractivity contribution is 5.73. The molecule has 5 atom stereocenters. The number of aliphatic carboxylic acids is 1. The van der Waals surface area contributed by atoms with Crippen molar-refractivity contribution in [2.45, 2.75) is 37.1 Å². The van der Waals surface area contributed by atoms with Crippen molar-refractivity contribution in [1.82, 2.24) is 0 Å². The van der Waals surface area contributed by atoms with E-state index < -0.39 is 36.6 Å². The fraction of sp³-hybridized carbons (Fsp3) is 0.500. The van der Waals surface area contributed by atoms with Crippen LogP contribution in [-0.4, -0.2) is 68.8 Å². The van der Waals surface area contributed by atoms with Crippen LogP contribution in [0.3, 0.4) is 0 Å². The molecule has 9 nitrogen and oxygen atoms in total. The van der Waals surface area contributed by atoms with E-state index in [0.717, 1.165) is 0 Å². The van der Waals surface area contributed by atoms with Gasteiger partial charge in [0.1, 0.15) is 24.4 Å². The number of aromatic hydroxyl groups is 1. The van der Waals surface area contributed by atoms with E-state index in [-0.39, 0.29) is 24.5 Å². The van der Waals surface area contributed by atoms with E-state index in [1.54, 1.807) is 0 Å². The van der Waals surface area contributed by atoms with E-state index >= 15 is 0 Å². The zero-order chi connectivity index (χ0) is 17.1. The van der Waals surface area contributed by atoms with Crippen LogP contribution in [0.4, 0.5) is 0 Å². The van der Waals surface area contributed by atoms with Crippen LogP contribution in [0.5, 0.6) is 11.5 Å². The van der Waals surface area contributed by atoms with Gasteiger partial charge in [-0.15, -0.1) is 0 Å². The largest absolute Gasteiger partial charge is 0.504 e. The summed E-state index contributed by atoms with van der Waals surface area (Å²) in [6.07, 6.45) is -5.37. The Bertz CT molecular complexity index is 566. The third kappa shape index (κ3) is 4.09. The number of rotatable bonds is 5. The van der Waals surface area contributed by atoms with Crippen molar-refractivity contribution < 1.29 is 39.8 Å². The lowest BCUT2D eigenvalue weighted by Gasteiger charge is -2.35. The fourth-order valence-electron chi connectivity index (χ4n) is 2.14. The van der Waals surface area contributed by atoms with Crippen LogP contribution in [0, 0.1) is 0 Å². The average Bonchev–Trinajstić information content (AvgIpc) is 2.50. The third-order valence-corrected chi connectivity index (χ3v) is 3.49. The molecule has 1 saturated heterocycles. The first-order chi connectivity index (χ1) is 10.8. The molecule has 0 aromatic heterocycles. The minimum Gasteiger partial charge on any atom is -0.504 e. The van der Waals surface area contributed by atoms with Gasteiger partial charge in [-0.1, -0.05) is 6.07 Å². The molecule has 0 spiro atoms. The van der Waals surface area contributed by atoms with Crippen LogP contribution >= 0.6 is 0 Å². The first-order valence-electron chi connectivity index (χ1n) is 6.92. The molecule has 23 heavy (non-hydrogen) atoms. The standard InChI is InChI=1S/C14H19NO8/c15-7(13(20)21)3-6-1-2-10(8(16)4-6)23-14-12(19)11(18)9(17)5-22-14/h1-2,4,7,9,11-12,14,16-19H,3,5,15H2,(H,20,21)/t7-,9+,11-,12+,14?/m0/s1. The summed E-state index contributed by atoms with van der Waals surface area (Å²) < 4.78 is 10.4. The second-order valence-corrected chi connectivity index (χ2v) is 5.32. The maximum Gasteiger partial charge on any atom is 0.320 e. The summed E-state index contributed by atoms with van der Waals surface area (Å²) in [6, 6.07) is 3.07. The first-order valence-corrected chi connectivity index (χ1v) is 6.92. The van der Waals surface area contributed by atoms with Crippen LogP contribution in [0.15, 0.2) is 18.2 Å². The van der Waals surface area contributed by atoms with E-state index in [0.29, 0.717) is 5.56 Å². The van der Waals surface area contributed by atoms with E-state index in [4.69, 9.17) is 20.3 Å². The van der Waals surface area contributed by atoms with Crippen LogP contribution in [-0.2, 0) is 16.0 Å². The Morgan fingerprint density at radius 3 is 2.65 bits per heavy atom. The fourth-order valence-corrected chi connectivity index (χ4v) is 2.14. The molecular weight excluding hydrogens is 310 g/mol. The maximum atomic E-state index is 10.7. The number of aliphatic hydroxyl groups is 3. The third-order valence-electron chi connectivity index (χ3n) is 3.49. The summed E-state index contributed by atoms with van der Waals surface area (Å²) in [4.78, 5) is 10.7. The van der Waals surface area contributed by atoms with Gasteiger partial charge in [-0.25, -0.2) is 0 Å². The topological polar surface area (TPSA) is 163 Å². The number of carbonyl (C=O) groups is 1. The van der Waals surface area contributed by atoms with Crippen molar-refractivity contribution >= 4 is 5.97 Å². The first kappa shape index (κ1) is 17.4. The molecule has 0 aliphatic carbocycles. The number of ether oxygens (including phenoxy) is 2. The number of nitrogens with two attached hydrogens (primary N) is 1. The minimum atomic E-state index is -1.49. The monoisotopic (exact) mass is 329 g/mol. The van der Waals surface area contributed by atoms with E-state index in [1.807, 2.05) is 0 Å². The van der Waals surface area contributed by atoms with Gasteiger partial charge in [0.25, 0.3) is 0 Å². The number of hydrogen-bond acceptors (Lipinski definition) is 8. The number of phenols is 1. The molecule has 1 heterocycles. The normalized spacial score (nSPS) is 29.0. The Labute approximate surface area is 131 Å². The van der Waals surface area contributed by atoms with E-state index in [1.165, 1.54) is 18.2 Å². The van der Waals surface area contributed by atoms with Gasteiger partial charge in [-0.3, -0.25) is 4.79 Å². The molecule has 0 amide bonds. The number of carboxylic acid groups (broad SMARTS) is 1. The summed E-state index contributed by atoms with van der Waals surface area (Å²) in [6.45, 7) is -0.227. The predicted molar refractivity (Wildman–Crippen MR) is 75.8 cm³/mol. The Morgan fingerprint density at radius 1 is 1.35 bits per heavy atom. The Kier molecular flexibility index (Phi) is 5.39. The van der Waals surface area contributed by atoms with Gasteiger partial charge in [-0.2, -0.15) is 0 Å². The zero-order valence-corrected chi connectivity index (χ0v) is 12.1. The highest BCUT2D eigenvalue weighted by Crippen LogP contribution is 2.30. The molecule has 1 fully saturated rings. The molecule has 2 rings (SSSR count). The summed E-state index contributed by atoms with van der Waals surface area (Å²) in [7, 11) is 0. The molecule has 1 aromatic carbocycles. The number of aliphatic hydroxyl groups excluding tert-OH is 3. The smallest absolute Gasteiger partial charge is 0.320 e. The van der Waals surface area contributed by atoms with Gasteiger partial charge in [0, 0.05) is 0 Å². The van der Waals surface area contributed by atoms with Gasteiger partial charge in [0.15, 0.2) is 11.5 Å². The lowest BCUT2D eigenvalue weighted by atomic mass is 10.1. The lowest BCUT2D eigenvalue weighted by Crippen LogP contribution is -2.54. The molecule has 1 aliphatic heterocycles. The van der Waals surface area contributed by atoms with Crippen molar-refractivity contribution in [1.29, 1.82) is 0 Å². The van der Waals surface area contributed by atoms with Gasteiger partial charge < -0.3 is 40.7 Å². The summed E-state index contributed by atoms with van der Waals surface area (Å²) in [5, 5.41) is 47.4. The molecule has 0 bridgehead atoms. The van der Waals surface area contributed by atoms with Gasteiger partial charge in [0.2, 0.25) is 6.29 Å². The Balaban J connectivity index is 2.05. The molecule has 128 valence electrons. The molecule has 0 radical (unpaired) electrons. The van der Waals surface area contributed by atoms with Gasteiger partial charge in [-0.05, 0) is 24.1 Å². The van der Waals surface area contributed by atoms with Crippen molar-refractivity contribution in [3.05, 3.63) is 23.8 Å². The SMILES string of the molecule is N[C@@H](Cc1ccc(OC2OC[C@@H](O)[C@H](O)[C@H]2O)c(O)c1)C(=O)O. The van der Waals surface area contributed by atoms with Crippen molar-refractivity contribution in [2.75, 3.05) is 6.61 Å². The summed E-state index contributed by atoms with van der Waals surface area (Å²) in [5.41, 5.74) is 5.91. The molecule has 0 saturated carbocycles. The van der Waals surface area contributed by atoms with Crippen LogP contribution < -0.4 is 10.5 Å². The quantitative estimate of drug-likeness (QED) is 0.364. The van der Waals surface area contributed by atoms with E-state index in [2.05, 4.69) is 0 Å². The number of carboxylic acids is 1. The molecule has 1 unspecified atom stereocenters. The lowest BCUT2D eigenvalue weighted by molar-refractivity contribution is -0.242. The highest BCUT2D eigenvalue weighted by Gasteiger charge is 2.39. The van der Waals surface area contributed by atoms with Gasteiger partial charge in [0.05, 0.1) is 6.61 Å². The van der Waals surface area contributed by atoms with Crippen LogP contribution in [0.25, 0.3) is 0 Å². The molecule has 1 aliphatic rings. The van der Waals surface area contributed by atoms with Gasteiger partial charge >= 0.3 is 5.97 Å². The number of phenolic OH excluding ortho intramolecular Hbond substituents is 1. The summed E-state index contributed by atoms with van der Waals surface area (Å²) >= 11 is 0. The molecule has 1 aromatic rings. The zero-order valence-electron chi connectivity index (χ0n) is 12.1. The van der Waals surface area contributed by atoms with Crippen molar-refractivity contribution in [3.8, 4) is 11.5 Å². The van der Waals surface area contributed by atoms with Crippen molar-refractivity contribution in [2.24, 2.45) is 5.73 Å². The van der Waals surface area contributed by atoms with Crippen LogP contribution in [0.2, 0.25) is 0 Å². The van der Waals surface area contributed by atoms with E-state index in [9.17, 15) is 25.2 Å². The summed E-state index contributed by atoms with van der Waals surface area (Å²) in [5.74, 6) is -1.47. The molecule has 7 N–H and O–H groups in total. The Hall–Kier alpha value is -1.91. The Morgan fingerprint density at radius 2 is 2.04 bits per heavy atom. The number of benzene rings is 1. The highest BCUT2D eigenvalue weighted by atomic mass is 16.7. The average molecular weight is 329 g/mol. The number of hydrogen-bond donors (Lipinski definition) is 6. The maximum absolute atomic E-state index is 10.7. The molecular formula is C14H19NO8. The van der Waals surface area contributed by atoms with Crippen molar-refractivity contribution in [3.63, 3.8) is 0 Å². The second-order valence-electron chi connectivity index (χ2n) is 5.32.